The predicted octanol–water partition coefficient (Wildman–Crippen LogP) is 3.79. The number of rotatable bonds is 5. The topological polar surface area (TPSA) is 94.6 Å². The molecule has 27 heavy (non-hydrogen) atoms. The van der Waals surface area contributed by atoms with Crippen molar-refractivity contribution in [2.24, 2.45) is 0 Å². The second kappa shape index (κ2) is 7.28. The predicted molar refractivity (Wildman–Crippen MR) is 97.8 cm³/mol. The summed E-state index contributed by atoms with van der Waals surface area (Å²) < 4.78 is 11.9. The van der Waals surface area contributed by atoms with Gasteiger partial charge >= 0.3 is 5.97 Å². The summed E-state index contributed by atoms with van der Waals surface area (Å²) >= 11 is 5.82. The number of aromatic nitrogens is 2. The minimum absolute atomic E-state index is 0.0983. The van der Waals surface area contributed by atoms with E-state index in [1.165, 1.54) is 18.2 Å². The van der Waals surface area contributed by atoms with Crippen molar-refractivity contribution in [3.8, 4) is 11.6 Å². The summed E-state index contributed by atoms with van der Waals surface area (Å²) in [6.45, 7) is 4.92. The molecule has 3 aromatic rings. The second-order valence-electron chi connectivity index (χ2n) is 6.08. The molecule has 0 atom stereocenters. The number of esters is 1. The largest absolute Gasteiger partial charge is 0.507 e. The van der Waals surface area contributed by atoms with Crippen LogP contribution in [0.15, 0.2) is 34.9 Å². The molecule has 1 N–H and O–H groups in total. The van der Waals surface area contributed by atoms with Crippen LogP contribution in [0.4, 0.5) is 0 Å². The first kappa shape index (κ1) is 18.7. The Morgan fingerprint density at radius 1 is 1.19 bits per heavy atom. The summed E-state index contributed by atoms with van der Waals surface area (Å²) in [5.74, 6) is -0.242. The molecule has 0 fully saturated rings. The highest BCUT2D eigenvalue weighted by Crippen LogP contribution is 2.23. The molecule has 2 heterocycles. The van der Waals surface area contributed by atoms with Crippen LogP contribution in [0.25, 0.3) is 5.82 Å². The Kier molecular flexibility index (Phi) is 5.05. The van der Waals surface area contributed by atoms with Crippen LogP contribution < -0.4 is 0 Å². The maximum Gasteiger partial charge on any atom is 0.342 e. The highest BCUT2D eigenvalue weighted by molar-refractivity contribution is 6.31. The smallest absolute Gasteiger partial charge is 0.342 e. The molecule has 0 amide bonds. The van der Waals surface area contributed by atoms with Crippen molar-refractivity contribution in [1.29, 1.82) is 0 Å². The maximum atomic E-state index is 12.5. The summed E-state index contributed by atoms with van der Waals surface area (Å²) in [5, 5.41) is 14.0. The third kappa shape index (κ3) is 3.73. The SMILES string of the molecule is Cc1cc(-n2c(C)cc(C(=O)COC(=O)c3cc(Cl)ccc3O)c2C)no1. The fourth-order valence-electron chi connectivity index (χ4n) is 2.81. The Morgan fingerprint density at radius 3 is 2.59 bits per heavy atom. The molecule has 7 nitrogen and oxygen atoms in total. The minimum atomic E-state index is -0.829. The monoisotopic (exact) mass is 388 g/mol. The quantitative estimate of drug-likeness (QED) is 0.527. The van der Waals surface area contributed by atoms with Crippen LogP contribution in [0.2, 0.25) is 5.02 Å². The van der Waals surface area contributed by atoms with Gasteiger partial charge in [0.1, 0.15) is 17.1 Å². The van der Waals surface area contributed by atoms with Crippen molar-refractivity contribution in [2.45, 2.75) is 20.8 Å². The van der Waals surface area contributed by atoms with Gasteiger partial charge in [-0.3, -0.25) is 9.36 Å². The van der Waals surface area contributed by atoms with Gasteiger partial charge in [-0.15, -0.1) is 0 Å². The van der Waals surface area contributed by atoms with Gasteiger partial charge in [-0.2, -0.15) is 0 Å². The van der Waals surface area contributed by atoms with Crippen molar-refractivity contribution in [3.63, 3.8) is 0 Å². The zero-order valence-electron chi connectivity index (χ0n) is 14.9. The molecule has 0 unspecified atom stereocenters. The van der Waals surface area contributed by atoms with E-state index in [0.29, 0.717) is 22.8 Å². The van der Waals surface area contributed by atoms with Gasteiger partial charge in [0.25, 0.3) is 0 Å². The van der Waals surface area contributed by atoms with E-state index in [9.17, 15) is 14.7 Å². The molecule has 8 heteroatoms. The van der Waals surface area contributed by atoms with Gasteiger partial charge in [0, 0.05) is 28.0 Å². The van der Waals surface area contributed by atoms with E-state index in [2.05, 4.69) is 5.16 Å². The molecule has 0 spiro atoms. The lowest BCUT2D eigenvalue weighted by molar-refractivity contribution is 0.0471. The number of hydrogen-bond donors (Lipinski definition) is 1. The molecule has 0 bridgehead atoms. The lowest BCUT2D eigenvalue weighted by atomic mass is 10.1. The number of phenolic OH excluding ortho intramolecular Hbond substituents is 1. The first-order valence-electron chi connectivity index (χ1n) is 8.09. The number of benzene rings is 1. The molecule has 0 saturated heterocycles. The van der Waals surface area contributed by atoms with Crippen molar-refractivity contribution in [3.05, 3.63) is 63.6 Å². The molecule has 0 aliphatic carbocycles. The molecule has 3 rings (SSSR count). The number of halogens is 1. The number of ketones is 1. The number of aryl methyl sites for hydroxylation is 2. The van der Waals surface area contributed by atoms with Gasteiger partial charge in [-0.1, -0.05) is 16.8 Å². The third-order valence-corrected chi connectivity index (χ3v) is 4.32. The Labute approximate surface area is 160 Å². The molecule has 0 aliphatic rings. The number of carbonyl (C=O) groups excluding carboxylic acids is 2. The van der Waals surface area contributed by atoms with Crippen LogP contribution in [0.3, 0.4) is 0 Å². The fourth-order valence-corrected chi connectivity index (χ4v) is 2.99. The number of hydrogen-bond acceptors (Lipinski definition) is 6. The van der Waals surface area contributed by atoms with Crippen LogP contribution in [0.5, 0.6) is 5.75 Å². The Bertz CT molecular complexity index is 1030. The molecule has 1 aromatic carbocycles. The first-order valence-corrected chi connectivity index (χ1v) is 8.47. The number of carbonyl (C=O) groups is 2. The van der Waals surface area contributed by atoms with Crippen LogP contribution in [0, 0.1) is 20.8 Å². The molecule has 0 radical (unpaired) electrons. The normalized spacial score (nSPS) is 10.8. The Morgan fingerprint density at radius 2 is 1.93 bits per heavy atom. The lowest BCUT2D eigenvalue weighted by Crippen LogP contribution is -2.15. The first-order chi connectivity index (χ1) is 12.8. The van der Waals surface area contributed by atoms with Gasteiger partial charge in [0.2, 0.25) is 5.78 Å². The highest BCUT2D eigenvalue weighted by Gasteiger charge is 2.21. The highest BCUT2D eigenvalue weighted by atomic mass is 35.5. The van der Waals surface area contributed by atoms with Gasteiger partial charge in [0.15, 0.2) is 12.4 Å². The van der Waals surface area contributed by atoms with Gasteiger partial charge in [0.05, 0.1) is 0 Å². The average molecular weight is 389 g/mol. The molecule has 2 aromatic heterocycles. The summed E-state index contributed by atoms with van der Waals surface area (Å²) in [4.78, 5) is 24.6. The molecular formula is C19H17ClN2O5. The van der Waals surface area contributed by atoms with E-state index in [1.807, 2.05) is 6.92 Å². The maximum absolute atomic E-state index is 12.5. The van der Waals surface area contributed by atoms with E-state index in [1.54, 1.807) is 30.5 Å². The summed E-state index contributed by atoms with van der Waals surface area (Å²) in [7, 11) is 0. The van der Waals surface area contributed by atoms with E-state index >= 15 is 0 Å². The lowest BCUT2D eigenvalue weighted by Gasteiger charge is -2.07. The van der Waals surface area contributed by atoms with Crippen LogP contribution >= 0.6 is 11.6 Å². The van der Waals surface area contributed by atoms with Crippen LogP contribution in [-0.2, 0) is 4.74 Å². The van der Waals surface area contributed by atoms with Gasteiger partial charge in [-0.05, 0) is 45.0 Å². The number of phenols is 1. The number of aromatic hydroxyl groups is 1. The number of Topliss-reactive ketones (excluding diaryl/α,β-unsaturated/α-hetero) is 1. The zero-order chi connectivity index (χ0) is 19.7. The fraction of sp³-hybridized carbons (Fsp3) is 0.211. The van der Waals surface area contributed by atoms with Gasteiger partial charge in [-0.25, -0.2) is 4.79 Å². The van der Waals surface area contributed by atoms with Crippen molar-refractivity contribution >= 4 is 23.4 Å². The summed E-state index contributed by atoms with van der Waals surface area (Å²) in [5.41, 5.74) is 1.77. The third-order valence-electron chi connectivity index (χ3n) is 4.09. The van der Waals surface area contributed by atoms with Gasteiger partial charge < -0.3 is 14.4 Å². The Hall–Kier alpha value is -3.06. The molecular weight excluding hydrogens is 372 g/mol. The minimum Gasteiger partial charge on any atom is -0.507 e. The van der Waals surface area contributed by atoms with Crippen molar-refractivity contribution in [2.75, 3.05) is 6.61 Å². The standard InChI is InChI=1S/C19H17ClN2O5/c1-10-6-14(12(3)22(10)18-7-11(2)27-21-18)17(24)9-26-19(25)15-8-13(20)4-5-16(15)23/h4-8,23H,9H2,1-3H3. The zero-order valence-corrected chi connectivity index (χ0v) is 15.7. The van der Waals surface area contributed by atoms with E-state index in [0.717, 1.165) is 5.69 Å². The number of ether oxygens (including phenoxy) is 1. The summed E-state index contributed by atoms with van der Waals surface area (Å²) in [6, 6.07) is 7.47. The van der Waals surface area contributed by atoms with Crippen LogP contribution in [-0.4, -0.2) is 33.2 Å². The number of nitrogens with zero attached hydrogens (tertiary/aromatic N) is 2. The molecule has 0 aliphatic heterocycles. The Balaban J connectivity index is 1.77. The molecule has 0 saturated carbocycles. The summed E-state index contributed by atoms with van der Waals surface area (Å²) in [6.07, 6.45) is 0. The van der Waals surface area contributed by atoms with Crippen molar-refractivity contribution in [1.82, 2.24) is 9.72 Å². The van der Waals surface area contributed by atoms with E-state index in [4.69, 9.17) is 20.9 Å². The van der Waals surface area contributed by atoms with E-state index in [-0.39, 0.29) is 22.1 Å². The second-order valence-corrected chi connectivity index (χ2v) is 6.51. The van der Waals surface area contributed by atoms with Crippen molar-refractivity contribution < 1.29 is 24.0 Å². The van der Waals surface area contributed by atoms with E-state index < -0.39 is 12.6 Å². The average Bonchev–Trinajstić information content (AvgIpc) is 3.17. The van der Waals surface area contributed by atoms with Crippen LogP contribution in [0.1, 0.15) is 37.9 Å². The molecule has 140 valence electrons.